The predicted octanol–water partition coefficient (Wildman–Crippen LogP) is 2.31. The number of nitrogens with two attached hydrogens (primary N) is 1. The Morgan fingerprint density at radius 3 is 2.78 bits per heavy atom. The molecule has 0 fully saturated rings. The average Bonchev–Trinajstić information content (AvgIpc) is 2.70. The number of aryl methyl sites for hydroxylation is 1. The van der Waals surface area contributed by atoms with E-state index in [1.54, 1.807) is 4.90 Å². The number of hydrogen-bond donors (Lipinski definition) is 2. The maximum Gasteiger partial charge on any atom is 0.265 e. The zero-order valence-electron chi connectivity index (χ0n) is 10.3. The van der Waals surface area contributed by atoms with Gasteiger partial charge in [-0.1, -0.05) is 16.8 Å². The van der Waals surface area contributed by atoms with Crippen molar-refractivity contribution in [2.24, 2.45) is 10.9 Å². The van der Waals surface area contributed by atoms with Crippen LogP contribution in [0.15, 0.2) is 10.5 Å². The largest absolute Gasteiger partial charge is 0.409 e. The van der Waals surface area contributed by atoms with E-state index in [0.717, 1.165) is 5.56 Å². The van der Waals surface area contributed by atoms with Crippen LogP contribution in [0, 0.1) is 6.92 Å². The van der Waals surface area contributed by atoms with Gasteiger partial charge in [0.05, 0.1) is 5.02 Å². The van der Waals surface area contributed by atoms with Crippen molar-refractivity contribution in [3.8, 4) is 0 Å². The van der Waals surface area contributed by atoms with Gasteiger partial charge in [-0.05, 0) is 24.8 Å². The number of oxime groups is 1. The van der Waals surface area contributed by atoms with Gasteiger partial charge in [-0.25, -0.2) is 0 Å². The molecular weight excluding hydrogens is 274 g/mol. The summed E-state index contributed by atoms with van der Waals surface area (Å²) in [7, 11) is 0. The molecule has 0 saturated carbocycles. The fourth-order valence-corrected chi connectivity index (χ4v) is 2.66. The van der Waals surface area contributed by atoms with E-state index in [0.29, 0.717) is 29.4 Å². The van der Waals surface area contributed by atoms with E-state index in [9.17, 15) is 4.79 Å². The van der Waals surface area contributed by atoms with E-state index >= 15 is 0 Å². The van der Waals surface area contributed by atoms with E-state index in [2.05, 4.69) is 5.16 Å². The molecule has 0 atom stereocenters. The molecule has 0 aromatic carbocycles. The van der Waals surface area contributed by atoms with Crippen molar-refractivity contribution in [3.63, 3.8) is 0 Å². The van der Waals surface area contributed by atoms with Crippen molar-refractivity contribution in [2.45, 2.75) is 20.3 Å². The highest BCUT2D eigenvalue weighted by Crippen LogP contribution is 2.28. The molecule has 0 unspecified atom stereocenters. The van der Waals surface area contributed by atoms with E-state index in [4.69, 9.17) is 22.5 Å². The first-order valence-electron chi connectivity index (χ1n) is 5.50. The lowest BCUT2D eigenvalue weighted by atomic mass is 10.3. The van der Waals surface area contributed by atoms with Gasteiger partial charge in [0.2, 0.25) is 0 Å². The van der Waals surface area contributed by atoms with Crippen LogP contribution in [0.3, 0.4) is 0 Å². The van der Waals surface area contributed by atoms with E-state index in [-0.39, 0.29) is 11.7 Å². The van der Waals surface area contributed by atoms with Crippen LogP contribution in [0.1, 0.15) is 28.6 Å². The van der Waals surface area contributed by atoms with Crippen molar-refractivity contribution in [1.29, 1.82) is 0 Å². The fraction of sp³-hybridized carbons (Fsp3) is 0.455. The van der Waals surface area contributed by atoms with Crippen molar-refractivity contribution in [1.82, 2.24) is 4.90 Å². The van der Waals surface area contributed by atoms with Gasteiger partial charge < -0.3 is 15.8 Å². The number of carbonyl (C=O) groups is 1. The molecule has 0 aliphatic carbocycles. The van der Waals surface area contributed by atoms with Crippen molar-refractivity contribution in [3.05, 3.63) is 20.8 Å². The second-order valence-electron chi connectivity index (χ2n) is 3.79. The van der Waals surface area contributed by atoms with Crippen LogP contribution in [0.2, 0.25) is 5.02 Å². The molecule has 1 amide bonds. The van der Waals surface area contributed by atoms with Crippen molar-refractivity contribution >= 4 is 34.7 Å². The van der Waals surface area contributed by atoms with Crippen molar-refractivity contribution < 1.29 is 10.0 Å². The molecule has 3 N–H and O–H groups in total. The molecule has 1 heterocycles. The Kier molecular flexibility index (Phi) is 5.43. The Morgan fingerprint density at radius 1 is 1.67 bits per heavy atom. The summed E-state index contributed by atoms with van der Waals surface area (Å²) in [5.41, 5.74) is 6.29. The Bertz CT molecular complexity index is 459. The SMILES string of the molecule is CCN(CC/C(N)=N/O)C(=O)c1scc(C)c1Cl. The molecule has 0 aliphatic rings. The Morgan fingerprint density at radius 2 is 2.33 bits per heavy atom. The number of thiophene rings is 1. The first-order chi connectivity index (χ1) is 8.51. The molecule has 0 saturated heterocycles. The lowest BCUT2D eigenvalue weighted by molar-refractivity contribution is 0.0773. The van der Waals surface area contributed by atoms with Gasteiger partial charge in [-0.2, -0.15) is 0 Å². The highest BCUT2D eigenvalue weighted by Gasteiger charge is 2.20. The summed E-state index contributed by atoms with van der Waals surface area (Å²) in [6.07, 6.45) is 0.331. The van der Waals surface area contributed by atoms with Crippen LogP contribution >= 0.6 is 22.9 Å². The Labute approximate surface area is 115 Å². The van der Waals surface area contributed by atoms with Gasteiger partial charge in [0, 0.05) is 19.5 Å². The third-order valence-corrected chi connectivity index (χ3v) is 4.21. The zero-order chi connectivity index (χ0) is 13.7. The lowest BCUT2D eigenvalue weighted by Gasteiger charge is -2.19. The smallest absolute Gasteiger partial charge is 0.265 e. The van der Waals surface area contributed by atoms with Gasteiger partial charge >= 0.3 is 0 Å². The maximum absolute atomic E-state index is 12.2. The van der Waals surface area contributed by atoms with Crippen LogP contribution in [0.25, 0.3) is 0 Å². The van der Waals surface area contributed by atoms with Gasteiger partial charge in [-0.15, -0.1) is 11.3 Å². The summed E-state index contributed by atoms with van der Waals surface area (Å²) < 4.78 is 0. The van der Waals surface area contributed by atoms with Crippen LogP contribution in [0.4, 0.5) is 0 Å². The average molecular weight is 290 g/mol. The molecular formula is C11H16ClN3O2S. The summed E-state index contributed by atoms with van der Waals surface area (Å²) in [4.78, 5) is 14.4. The first kappa shape index (κ1) is 14.8. The Balaban J connectivity index is 2.77. The molecule has 18 heavy (non-hydrogen) atoms. The number of amides is 1. The highest BCUT2D eigenvalue weighted by atomic mass is 35.5. The van der Waals surface area contributed by atoms with E-state index in [1.165, 1.54) is 11.3 Å². The number of amidine groups is 1. The van der Waals surface area contributed by atoms with Crippen molar-refractivity contribution in [2.75, 3.05) is 13.1 Å². The minimum Gasteiger partial charge on any atom is -0.409 e. The van der Waals surface area contributed by atoms with Crippen LogP contribution < -0.4 is 5.73 Å². The summed E-state index contributed by atoms with van der Waals surface area (Å²) in [6.45, 7) is 4.68. The van der Waals surface area contributed by atoms with Gasteiger partial charge in [0.15, 0.2) is 0 Å². The third-order valence-electron chi connectivity index (χ3n) is 2.53. The number of rotatable bonds is 5. The summed E-state index contributed by atoms with van der Waals surface area (Å²) >= 11 is 7.40. The third kappa shape index (κ3) is 3.36. The van der Waals surface area contributed by atoms with E-state index in [1.807, 2.05) is 19.2 Å². The van der Waals surface area contributed by atoms with Gasteiger partial charge in [0.1, 0.15) is 10.7 Å². The standard InChI is InChI=1S/C11H16ClN3O2S/c1-3-15(5-4-8(13)14-17)11(16)10-9(12)7(2)6-18-10/h6,17H,3-5H2,1-2H3,(H2,13,14). The highest BCUT2D eigenvalue weighted by molar-refractivity contribution is 7.13. The molecule has 0 radical (unpaired) electrons. The second-order valence-corrected chi connectivity index (χ2v) is 5.05. The molecule has 1 aromatic heterocycles. The maximum atomic E-state index is 12.2. The summed E-state index contributed by atoms with van der Waals surface area (Å²) in [5, 5.41) is 13.7. The Hall–Kier alpha value is -1.27. The molecule has 1 rings (SSSR count). The molecule has 0 aliphatic heterocycles. The second kappa shape index (κ2) is 6.61. The molecule has 1 aromatic rings. The molecule has 100 valence electrons. The minimum atomic E-state index is -0.119. The molecule has 7 heteroatoms. The minimum absolute atomic E-state index is 0.106. The monoisotopic (exact) mass is 289 g/mol. The summed E-state index contributed by atoms with van der Waals surface area (Å²) in [6, 6.07) is 0. The van der Waals surface area contributed by atoms with E-state index < -0.39 is 0 Å². The summed E-state index contributed by atoms with van der Waals surface area (Å²) in [5.74, 6) is -0.0129. The predicted molar refractivity (Wildman–Crippen MR) is 73.7 cm³/mol. The quantitative estimate of drug-likeness (QED) is 0.378. The number of carbonyl (C=O) groups excluding carboxylic acids is 1. The van der Waals surface area contributed by atoms with Gasteiger partial charge in [-0.3, -0.25) is 4.79 Å². The zero-order valence-corrected chi connectivity index (χ0v) is 11.9. The number of nitrogens with zero attached hydrogens (tertiary/aromatic N) is 2. The molecule has 0 spiro atoms. The number of halogens is 1. The van der Waals surface area contributed by atoms with Crippen LogP contribution in [0.5, 0.6) is 0 Å². The topological polar surface area (TPSA) is 78.9 Å². The molecule has 0 bridgehead atoms. The molecule has 5 nitrogen and oxygen atoms in total. The van der Waals surface area contributed by atoms with Crippen LogP contribution in [-0.4, -0.2) is 34.9 Å². The first-order valence-corrected chi connectivity index (χ1v) is 6.76. The lowest BCUT2D eigenvalue weighted by Crippen LogP contribution is -2.33. The van der Waals surface area contributed by atoms with Gasteiger partial charge in [0.25, 0.3) is 5.91 Å². The number of hydrogen-bond acceptors (Lipinski definition) is 4. The fourth-order valence-electron chi connectivity index (χ4n) is 1.42. The van der Waals surface area contributed by atoms with Crippen LogP contribution in [-0.2, 0) is 0 Å². The normalized spacial score (nSPS) is 11.6.